The molecule has 0 amide bonds. The Morgan fingerprint density at radius 2 is 1.85 bits per heavy atom. The molecular weight excluding hydrogens is 340 g/mol. The molecule has 26 heavy (non-hydrogen) atoms. The predicted molar refractivity (Wildman–Crippen MR) is 111 cm³/mol. The van der Waals surface area contributed by atoms with Gasteiger partial charge in [-0.1, -0.05) is 45.0 Å². The summed E-state index contributed by atoms with van der Waals surface area (Å²) in [4.78, 5) is 19.8. The summed E-state index contributed by atoms with van der Waals surface area (Å²) in [7, 11) is 0. The number of aromatic nitrogens is 2. The molecule has 134 valence electrons. The second kappa shape index (κ2) is 5.92. The second-order valence-electron chi connectivity index (χ2n) is 8.15. The minimum absolute atomic E-state index is 0.110. The fourth-order valence-corrected chi connectivity index (χ4v) is 4.56. The normalized spacial score (nSPS) is 15.8. The molecule has 0 saturated carbocycles. The molecular formula is C22H24N2OS. The van der Waals surface area contributed by atoms with Crippen LogP contribution in [0.4, 0.5) is 0 Å². The predicted octanol–water partition coefficient (Wildman–Crippen LogP) is 5.32. The fourth-order valence-electron chi connectivity index (χ4n) is 3.54. The third-order valence-electron chi connectivity index (χ3n) is 5.30. The van der Waals surface area contributed by atoms with Gasteiger partial charge in [-0.15, -0.1) is 11.3 Å². The van der Waals surface area contributed by atoms with Gasteiger partial charge in [0.2, 0.25) is 0 Å². The zero-order valence-electron chi connectivity index (χ0n) is 16.0. The average molecular weight is 365 g/mol. The molecule has 3 nitrogen and oxygen atoms in total. The quantitative estimate of drug-likeness (QED) is 0.586. The van der Waals surface area contributed by atoms with Crippen LogP contribution in [0.5, 0.6) is 0 Å². The van der Waals surface area contributed by atoms with E-state index in [9.17, 15) is 4.79 Å². The maximum Gasteiger partial charge on any atom is 0.262 e. The van der Waals surface area contributed by atoms with Gasteiger partial charge in [-0.25, -0.2) is 4.98 Å². The van der Waals surface area contributed by atoms with Crippen molar-refractivity contribution in [2.75, 3.05) is 0 Å². The van der Waals surface area contributed by atoms with E-state index in [2.05, 4.69) is 58.0 Å². The molecule has 0 aliphatic carbocycles. The Labute approximate surface area is 158 Å². The number of thiophene rings is 1. The van der Waals surface area contributed by atoms with Crippen LogP contribution in [0.2, 0.25) is 0 Å². The lowest BCUT2D eigenvalue weighted by atomic mass is 9.86. The van der Waals surface area contributed by atoms with Crippen LogP contribution < -0.4 is 5.56 Å². The Morgan fingerprint density at radius 3 is 2.50 bits per heavy atom. The molecule has 0 saturated heterocycles. The molecule has 1 aliphatic rings. The van der Waals surface area contributed by atoms with E-state index in [0.29, 0.717) is 0 Å². The Kier molecular flexibility index (Phi) is 3.92. The fraction of sp³-hybridized carbons (Fsp3) is 0.364. The number of allylic oxidation sites excluding steroid dienone is 1. The van der Waals surface area contributed by atoms with E-state index < -0.39 is 0 Å². The summed E-state index contributed by atoms with van der Waals surface area (Å²) in [6, 6.07) is 8.70. The van der Waals surface area contributed by atoms with E-state index in [0.717, 1.165) is 45.7 Å². The van der Waals surface area contributed by atoms with Crippen LogP contribution in [0.25, 0.3) is 21.9 Å². The molecule has 4 rings (SSSR count). The maximum atomic E-state index is 12.9. The molecule has 1 aliphatic heterocycles. The van der Waals surface area contributed by atoms with Gasteiger partial charge < -0.3 is 0 Å². The smallest absolute Gasteiger partial charge is 0.262 e. The Balaban J connectivity index is 1.79. The Hall–Kier alpha value is -2.20. The summed E-state index contributed by atoms with van der Waals surface area (Å²) in [5.74, 6) is 0.837. The highest BCUT2D eigenvalue weighted by atomic mass is 32.1. The molecule has 0 spiro atoms. The van der Waals surface area contributed by atoms with Crippen LogP contribution in [0.3, 0.4) is 0 Å². The molecule has 4 heteroatoms. The summed E-state index contributed by atoms with van der Waals surface area (Å²) in [5.41, 5.74) is 4.98. The van der Waals surface area contributed by atoms with Gasteiger partial charge in [0.1, 0.15) is 10.7 Å². The Morgan fingerprint density at radius 1 is 1.15 bits per heavy atom. The monoisotopic (exact) mass is 364 g/mol. The molecule has 3 heterocycles. The standard InChI is InChI=1S/C22H24N2OS/c1-13-14(2)26-20-18(13)21(25)24-11-10-16(19(24)23-20)12-15-6-8-17(9-7-15)22(3,4)5/h6-9,12H,10-11H2,1-5H3/b16-12-. The number of benzene rings is 1. The number of hydrogen-bond acceptors (Lipinski definition) is 3. The van der Waals surface area contributed by atoms with Gasteiger partial charge in [0, 0.05) is 11.4 Å². The van der Waals surface area contributed by atoms with Crippen molar-refractivity contribution in [2.24, 2.45) is 0 Å². The van der Waals surface area contributed by atoms with Gasteiger partial charge in [0.05, 0.1) is 5.39 Å². The number of rotatable bonds is 1. The van der Waals surface area contributed by atoms with Crippen molar-refractivity contribution in [2.45, 2.75) is 53.0 Å². The van der Waals surface area contributed by atoms with Crippen LogP contribution in [0, 0.1) is 13.8 Å². The van der Waals surface area contributed by atoms with Crippen molar-refractivity contribution >= 4 is 33.2 Å². The zero-order valence-corrected chi connectivity index (χ0v) is 16.8. The van der Waals surface area contributed by atoms with Gasteiger partial charge in [-0.3, -0.25) is 9.36 Å². The van der Waals surface area contributed by atoms with Gasteiger partial charge >= 0.3 is 0 Å². The van der Waals surface area contributed by atoms with Crippen LogP contribution in [-0.2, 0) is 12.0 Å². The first kappa shape index (κ1) is 17.2. The van der Waals surface area contributed by atoms with Crippen molar-refractivity contribution < 1.29 is 0 Å². The lowest BCUT2D eigenvalue weighted by Gasteiger charge is -2.18. The molecule has 3 aromatic rings. The highest BCUT2D eigenvalue weighted by Gasteiger charge is 2.23. The van der Waals surface area contributed by atoms with Gasteiger partial charge in [-0.05, 0) is 54.0 Å². The van der Waals surface area contributed by atoms with E-state index in [1.165, 1.54) is 10.4 Å². The third kappa shape index (κ3) is 2.73. The zero-order chi connectivity index (χ0) is 18.6. The van der Waals surface area contributed by atoms with Crippen LogP contribution in [0.15, 0.2) is 29.1 Å². The SMILES string of the molecule is Cc1sc2nc3n(c(=O)c2c1C)CC/C3=C/c1ccc(C(C)(C)C)cc1. The Bertz CT molecular complexity index is 1090. The van der Waals surface area contributed by atoms with Gasteiger partial charge in [0.25, 0.3) is 5.56 Å². The van der Waals surface area contributed by atoms with Crippen molar-refractivity contribution in [3.05, 3.63) is 62.0 Å². The molecule has 2 aromatic heterocycles. The summed E-state index contributed by atoms with van der Waals surface area (Å²) >= 11 is 1.62. The number of hydrogen-bond donors (Lipinski definition) is 0. The molecule has 0 bridgehead atoms. The van der Waals surface area contributed by atoms with E-state index >= 15 is 0 Å². The minimum Gasteiger partial charge on any atom is -0.292 e. The van der Waals surface area contributed by atoms with Gasteiger partial charge in [0.15, 0.2) is 0 Å². The van der Waals surface area contributed by atoms with Crippen LogP contribution >= 0.6 is 11.3 Å². The first-order valence-corrected chi connectivity index (χ1v) is 9.89. The number of aryl methyl sites for hydroxylation is 2. The minimum atomic E-state index is 0.110. The summed E-state index contributed by atoms with van der Waals surface area (Å²) in [6.07, 6.45) is 3.04. The summed E-state index contributed by atoms with van der Waals surface area (Å²) in [6.45, 7) is 11.5. The summed E-state index contributed by atoms with van der Waals surface area (Å²) < 4.78 is 1.84. The topological polar surface area (TPSA) is 34.9 Å². The first-order chi connectivity index (χ1) is 12.3. The van der Waals surface area contributed by atoms with Crippen molar-refractivity contribution in [1.82, 2.24) is 9.55 Å². The second-order valence-corrected chi connectivity index (χ2v) is 9.35. The van der Waals surface area contributed by atoms with Crippen molar-refractivity contribution in [1.29, 1.82) is 0 Å². The van der Waals surface area contributed by atoms with Crippen molar-refractivity contribution in [3.8, 4) is 0 Å². The number of nitrogens with zero attached hydrogens (tertiary/aromatic N) is 2. The maximum absolute atomic E-state index is 12.9. The van der Waals surface area contributed by atoms with E-state index in [1.807, 2.05) is 11.5 Å². The van der Waals surface area contributed by atoms with E-state index in [-0.39, 0.29) is 11.0 Å². The van der Waals surface area contributed by atoms with Crippen molar-refractivity contribution in [3.63, 3.8) is 0 Å². The van der Waals surface area contributed by atoms with Crippen LogP contribution in [-0.4, -0.2) is 9.55 Å². The highest BCUT2D eigenvalue weighted by molar-refractivity contribution is 7.18. The first-order valence-electron chi connectivity index (χ1n) is 9.08. The average Bonchev–Trinajstić information content (AvgIpc) is 3.10. The molecule has 0 atom stereocenters. The lowest BCUT2D eigenvalue weighted by Crippen LogP contribution is -2.20. The molecule has 0 radical (unpaired) electrons. The highest BCUT2D eigenvalue weighted by Crippen LogP contribution is 2.32. The number of fused-ring (bicyclic) bond motifs is 2. The molecule has 1 aromatic carbocycles. The molecule has 0 N–H and O–H groups in total. The molecule has 0 fully saturated rings. The largest absolute Gasteiger partial charge is 0.292 e. The lowest BCUT2D eigenvalue weighted by molar-refractivity contribution is 0.590. The van der Waals surface area contributed by atoms with Crippen LogP contribution in [0.1, 0.15) is 54.6 Å². The van der Waals surface area contributed by atoms with E-state index in [1.54, 1.807) is 11.3 Å². The van der Waals surface area contributed by atoms with Gasteiger partial charge in [-0.2, -0.15) is 0 Å². The summed E-state index contributed by atoms with van der Waals surface area (Å²) in [5, 5.41) is 0.798. The molecule has 0 unspecified atom stereocenters. The van der Waals surface area contributed by atoms with E-state index in [4.69, 9.17) is 4.98 Å². The third-order valence-corrected chi connectivity index (χ3v) is 6.40.